The first-order valence-corrected chi connectivity index (χ1v) is 18.9. The number of fused-ring (bicyclic) bond motifs is 2. The molecule has 0 radical (unpaired) electrons. The molecule has 0 saturated carbocycles. The molecule has 0 N–H and O–H groups in total. The first-order valence-electron chi connectivity index (χ1n) is 18.9. The number of hydrogen-bond donors (Lipinski definition) is 0. The molecule has 0 bridgehead atoms. The minimum absolute atomic E-state index is 0.0255. The van der Waals surface area contributed by atoms with Crippen molar-refractivity contribution in [3.05, 3.63) is 194 Å². The van der Waals surface area contributed by atoms with E-state index in [4.69, 9.17) is 0 Å². The van der Waals surface area contributed by atoms with Gasteiger partial charge in [-0.05, 0) is 80.4 Å². The molecule has 10 aromatic rings. The normalized spacial score (nSPS) is 12.0. The zero-order chi connectivity index (χ0) is 36.4. The van der Waals surface area contributed by atoms with E-state index in [0.717, 1.165) is 34.1 Å². The van der Waals surface area contributed by atoms with Crippen LogP contribution < -0.4 is 9.80 Å². The van der Waals surface area contributed by atoms with Gasteiger partial charge in [0.1, 0.15) is 0 Å². The maximum Gasteiger partial charge on any atom is 0.0561 e. The Labute approximate surface area is 316 Å². The van der Waals surface area contributed by atoms with Crippen LogP contribution in [-0.4, -0.2) is 0 Å². The Balaban J connectivity index is 1.39. The molecule has 0 atom stereocenters. The topological polar surface area (TPSA) is 6.48 Å². The number of para-hydroxylation sites is 2. The predicted octanol–water partition coefficient (Wildman–Crippen LogP) is 15.1. The Morgan fingerprint density at radius 3 is 1.20 bits per heavy atom. The molecular weight excluding hydrogens is 653 g/mol. The van der Waals surface area contributed by atoms with E-state index in [1.54, 1.807) is 0 Å². The van der Waals surface area contributed by atoms with Gasteiger partial charge < -0.3 is 9.80 Å². The Morgan fingerprint density at radius 1 is 0.315 bits per heavy atom. The van der Waals surface area contributed by atoms with Crippen LogP contribution >= 0.6 is 0 Å². The summed E-state index contributed by atoms with van der Waals surface area (Å²) in [6.07, 6.45) is 0. The molecule has 0 aliphatic rings. The van der Waals surface area contributed by atoms with Crippen LogP contribution in [0.3, 0.4) is 0 Å². The lowest BCUT2D eigenvalue weighted by Gasteiger charge is -2.33. The highest BCUT2D eigenvalue weighted by Gasteiger charge is 2.26. The van der Waals surface area contributed by atoms with Gasteiger partial charge in [-0.25, -0.2) is 0 Å². The van der Waals surface area contributed by atoms with E-state index in [2.05, 4.69) is 219 Å². The van der Waals surface area contributed by atoms with Crippen LogP contribution in [0.15, 0.2) is 188 Å². The number of benzene rings is 10. The smallest absolute Gasteiger partial charge is 0.0561 e. The number of anilines is 6. The van der Waals surface area contributed by atoms with Crippen molar-refractivity contribution in [1.82, 2.24) is 0 Å². The Hall–Kier alpha value is -6.64. The third-order valence-electron chi connectivity index (χ3n) is 11.1. The zero-order valence-electron chi connectivity index (χ0n) is 30.8. The summed E-state index contributed by atoms with van der Waals surface area (Å²) in [4.78, 5) is 4.95. The third kappa shape index (κ3) is 5.17. The summed E-state index contributed by atoms with van der Waals surface area (Å²) in [5.41, 5.74) is 8.15. The van der Waals surface area contributed by atoms with Crippen LogP contribution in [0.2, 0.25) is 0 Å². The summed E-state index contributed by atoms with van der Waals surface area (Å²) in [6.45, 7) is 6.92. The van der Waals surface area contributed by atoms with Gasteiger partial charge in [-0.1, -0.05) is 166 Å². The van der Waals surface area contributed by atoms with Gasteiger partial charge in [0.25, 0.3) is 0 Å². The average molecular weight is 693 g/mol. The fourth-order valence-corrected chi connectivity index (χ4v) is 8.46. The standard InChI is InChI=1S/C52H40N2/c1-52(2,3)39-32-37-28-30-44-48(53(40-20-6-4-7-21-40)46-26-14-18-35-16-10-12-24-42(35)46)34-49(45-31-29-38(33-39)50(37)51(44)45)54(41-22-8-5-9-23-41)47-27-15-19-36-17-11-13-25-43(36)47/h4-34H,1-3H3. The summed E-state index contributed by atoms with van der Waals surface area (Å²) in [6, 6.07) is 69.2. The Kier molecular flexibility index (Phi) is 7.42. The van der Waals surface area contributed by atoms with Gasteiger partial charge >= 0.3 is 0 Å². The van der Waals surface area contributed by atoms with Crippen LogP contribution in [0.25, 0.3) is 53.9 Å². The van der Waals surface area contributed by atoms with Crippen molar-refractivity contribution in [3.63, 3.8) is 0 Å². The molecular formula is C52H40N2. The molecule has 0 heterocycles. The monoisotopic (exact) mass is 692 g/mol. The number of hydrogen-bond acceptors (Lipinski definition) is 2. The first kappa shape index (κ1) is 32.0. The van der Waals surface area contributed by atoms with Gasteiger partial charge in [0.15, 0.2) is 0 Å². The highest BCUT2D eigenvalue weighted by atomic mass is 15.2. The second-order valence-corrected chi connectivity index (χ2v) is 15.4. The van der Waals surface area contributed by atoms with E-state index >= 15 is 0 Å². The van der Waals surface area contributed by atoms with Crippen molar-refractivity contribution in [2.45, 2.75) is 26.2 Å². The molecule has 0 fully saturated rings. The van der Waals surface area contributed by atoms with Gasteiger partial charge in [0, 0.05) is 38.3 Å². The van der Waals surface area contributed by atoms with E-state index in [9.17, 15) is 0 Å². The predicted molar refractivity (Wildman–Crippen MR) is 233 cm³/mol. The quantitative estimate of drug-likeness (QED) is 0.160. The highest BCUT2D eigenvalue weighted by Crippen LogP contribution is 2.52. The number of rotatable bonds is 6. The Morgan fingerprint density at radius 2 is 0.741 bits per heavy atom. The lowest BCUT2D eigenvalue weighted by molar-refractivity contribution is 0.591. The summed E-state index contributed by atoms with van der Waals surface area (Å²) < 4.78 is 0. The molecule has 54 heavy (non-hydrogen) atoms. The SMILES string of the molecule is CC(C)(C)c1cc2ccc3c(N(c4ccccc4)c4cccc5ccccc45)cc(N(c4ccccc4)c4cccc5ccccc45)c4ccc(c1)c2c34. The summed E-state index contributed by atoms with van der Waals surface area (Å²) in [7, 11) is 0. The lowest BCUT2D eigenvalue weighted by Crippen LogP contribution is -2.15. The van der Waals surface area contributed by atoms with Crippen molar-refractivity contribution in [3.8, 4) is 0 Å². The first-order chi connectivity index (χ1) is 26.4. The summed E-state index contributed by atoms with van der Waals surface area (Å²) in [5, 5.41) is 12.4. The second-order valence-electron chi connectivity index (χ2n) is 15.4. The fraction of sp³-hybridized carbons (Fsp3) is 0.0769. The molecule has 0 saturated heterocycles. The molecule has 10 rings (SSSR count). The van der Waals surface area contributed by atoms with E-state index in [0.29, 0.717) is 0 Å². The van der Waals surface area contributed by atoms with E-state index in [1.807, 2.05) is 0 Å². The Bertz CT molecular complexity index is 2770. The van der Waals surface area contributed by atoms with Crippen LogP contribution in [0.5, 0.6) is 0 Å². The van der Waals surface area contributed by atoms with Gasteiger partial charge in [-0.2, -0.15) is 0 Å². The van der Waals surface area contributed by atoms with Crippen molar-refractivity contribution < 1.29 is 0 Å². The molecule has 0 spiro atoms. The van der Waals surface area contributed by atoms with Crippen LogP contribution in [-0.2, 0) is 5.41 Å². The minimum atomic E-state index is 0.0255. The summed E-state index contributed by atoms with van der Waals surface area (Å²) >= 11 is 0. The average Bonchev–Trinajstić information content (AvgIpc) is 3.21. The largest absolute Gasteiger partial charge is 0.309 e. The van der Waals surface area contributed by atoms with Crippen LogP contribution in [0.4, 0.5) is 34.1 Å². The molecule has 0 amide bonds. The summed E-state index contributed by atoms with van der Waals surface area (Å²) in [5.74, 6) is 0. The maximum absolute atomic E-state index is 2.48. The number of nitrogens with zero attached hydrogens (tertiary/aromatic N) is 2. The molecule has 0 aliphatic carbocycles. The van der Waals surface area contributed by atoms with Gasteiger partial charge in [0.05, 0.1) is 22.7 Å². The van der Waals surface area contributed by atoms with Gasteiger partial charge in [-0.3, -0.25) is 0 Å². The third-order valence-corrected chi connectivity index (χ3v) is 11.1. The van der Waals surface area contributed by atoms with Gasteiger partial charge in [0.2, 0.25) is 0 Å². The van der Waals surface area contributed by atoms with Crippen LogP contribution in [0, 0.1) is 0 Å². The van der Waals surface area contributed by atoms with Crippen molar-refractivity contribution in [2.75, 3.05) is 9.80 Å². The highest BCUT2D eigenvalue weighted by molar-refractivity contribution is 6.29. The zero-order valence-corrected chi connectivity index (χ0v) is 30.8. The van der Waals surface area contributed by atoms with Crippen molar-refractivity contribution in [2.24, 2.45) is 0 Å². The molecule has 0 unspecified atom stereocenters. The molecule has 10 aromatic carbocycles. The molecule has 0 aliphatic heterocycles. The fourth-order valence-electron chi connectivity index (χ4n) is 8.46. The van der Waals surface area contributed by atoms with E-state index in [-0.39, 0.29) is 5.41 Å². The maximum atomic E-state index is 2.48. The molecule has 2 heteroatoms. The van der Waals surface area contributed by atoms with E-state index in [1.165, 1.54) is 59.4 Å². The van der Waals surface area contributed by atoms with E-state index < -0.39 is 0 Å². The lowest BCUT2D eigenvalue weighted by atomic mass is 9.83. The second kappa shape index (κ2) is 12.5. The minimum Gasteiger partial charge on any atom is -0.309 e. The molecule has 258 valence electrons. The molecule has 2 nitrogen and oxygen atoms in total. The van der Waals surface area contributed by atoms with Crippen molar-refractivity contribution >= 4 is 88.0 Å². The molecule has 0 aromatic heterocycles. The van der Waals surface area contributed by atoms with Crippen molar-refractivity contribution in [1.29, 1.82) is 0 Å². The van der Waals surface area contributed by atoms with Gasteiger partial charge in [-0.15, -0.1) is 0 Å². The van der Waals surface area contributed by atoms with Crippen LogP contribution in [0.1, 0.15) is 26.3 Å².